The van der Waals surface area contributed by atoms with Crippen LogP contribution in [0.4, 0.5) is 0 Å². The average Bonchev–Trinajstić information content (AvgIpc) is 2.36. The van der Waals surface area contributed by atoms with Crippen molar-refractivity contribution in [2.75, 3.05) is 27.2 Å². The summed E-state index contributed by atoms with van der Waals surface area (Å²) in [6.07, 6.45) is 0.608. The van der Waals surface area contributed by atoms with E-state index < -0.39 is 5.97 Å². The molecule has 0 fully saturated rings. The van der Waals surface area contributed by atoms with E-state index >= 15 is 0 Å². The summed E-state index contributed by atoms with van der Waals surface area (Å²) in [7, 11) is 3.72. The van der Waals surface area contributed by atoms with Crippen LogP contribution in [-0.4, -0.2) is 54.0 Å². The van der Waals surface area contributed by atoms with Crippen LogP contribution in [0.1, 0.15) is 21.5 Å². The third kappa shape index (κ3) is 2.93. The van der Waals surface area contributed by atoms with Crippen LogP contribution in [0, 0.1) is 0 Å². The minimum atomic E-state index is -0.898. The number of nitrogens with zero attached hydrogens (tertiary/aromatic N) is 2. The van der Waals surface area contributed by atoms with Gasteiger partial charge in [-0.15, -0.1) is 0 Å². The third-order valence-electron chi connectivity index (χ3n) is 3.30. The molecule has 5 nitrogen and oxygen atoms in total. The average molecular weight is 262 g/mol. The van der Waals surface area contributed by atoms with Crippen molar-refractivity contribution in [3.05, 3.63) is 34.9 Å². The van der Waals surface area contributed by atoms with Crippen LogP contribution in [0.25, 0.3) is 0 Å². The number of carbonyl (C=O) groups excluding carboxylic acids is 1. The number of amides is 1. The van der Waals surface area contributed by atoms with Gasteiger partial charge >= 0.3 is 5.97 Å². The third-order valence-corrected chi connectivity index (χ3v) is 3.30. The molecule has 0 saturated carbocycles. The number of hydrogen-bond acceptors (Lipinski definition) is 3. The van der Waals surface area contributed by atoms with E-state index in [9.17, 15) is 9.59 Å². The second-order valence-electron chi connectivity index (χ2n) is 5.05. The van der Waals surface area contributed by atoms with Crippen LogP contribution < -0.4 is 0 Å². The molecule has 1 aromatic carbocycles. The van der Waals surface area contributed by atoms with Gasteiger partial charge in [0.2, 0.25) is 5.91 Å². The molecule has 0 atom stereocenters. The van der Waals surface area contributed by atoms with Gasteiger partial charge < -0.3 is 14.9 Å². The Morgan fingerprint density at radius 3 is 2.74 bits per heavy atom. The monoisotopic (exact) mass is 262 g/mol. The van der Waals surface area contributed by atoms with E-state index in [1.165, 1.54) is 0 Å². The van der Waals surface area contributed by atoms with Gasteiger partial charge in [-0.2, -0.15) is 0 Å². The molecule has 0 unspecified atom stereocenters. The van der Waals surface area contributed by atoms with Crippen LogP contribution in [0.15, 0.2) is 18.2 Å². The summed E-state index contributed by atoms with van der Waals surface area (Å²) < 4.78 is 0. The molecule has 1 aliphatic heterocycles. The van der Waals surface area contributed by atoms with Crippen molar-refractivity contribution < 1.29 is 14.7 Å². The Hall–Kier alpha value is -1.88. The highest BCUT2D eigenvalue weighted by molar-refractivity contribution is 5.90. The van der Waals surface area contributed by atoms with E-state index in [1.54, 1.807) is 17.0 Å². The van der Waals surface area contributed by atoms with Crippen molar-refractivity contribution in [2.45, 2.75) is 13.0 Å². The molecular weight excluding hydrogens is 244 g/mol. The molecule has 0 saturated heterocycles. The van der Waals surface area contributed by atoms with Gasteiger partial charge in [-0.1, -0.05) is 12.1 Å². The summed E-state index contributed by atoms with van der Waals surface area (Å²) >= 11 is 0. The van der Waals surface area contributed by atoms with Crippen LogP contribution in [-0.2, 0) is 17.8 Å². The number of likely N-dealkylation sites (N-methyl/N-ethyl adjacent to an activating group) is 1. The normalized spacial score (nSPS) is 14.4. The lowest BCUT2D eigenvalue weighted by atomic mass is 9.94. The van der Waals surface area contributed by atoms with Gasteiger partial charge in [-0.25, -0.2) is 4.79 Å². The largest absolute Gasteiger partial charge is 0.478 e. The van der Waals surface area contributed by atoms with Crippen LogP contribution in [0.3, 0.4) is 0 Å². The smallest absolute Gasteiger partial charge is 0.335 e. The first-order valence-corrected chi connectivity index (χ1v) is 6.25. The molecule has 0 bridgehead atoms. The number of benzene rings is 1. The van der Waals surface area contributed by atoms with Crippen molar-refractivity contribution >= 4 is 11.9 Å². The van der Waals surface area contributed by atoms with E-state index in [1.807, 2.05) is 25.1 Å². The molecule has 2 rings (SSSR count). The second-order valence-corrected chi connectivity index (χ2v) is 5.05. The number of carboxylic acid groups (broad SMARTS) is 1. The maximum Gasteiger partial charge on any atom is 0.335 e. The number of fused-ring (bicyclic) bond motifs is 1. The molecule has 102 valence electrons. The van der Waals surface area contributed by atoms with Crippen molar-refractivity contribution in [3.8, 4) is 0 Å². The predicted octanol–water partition coefficient (Wildman–Crippen LogP) is 0.831. The minimum Gasteiger partial charge on any atom is -0.478 e. The number of aromatic carboxylic acids is 1. The number of carboxylic acids is 1. The number of carbonyl (C=O) groups is 2. The fraction of sp³-hybridized carbons (Fsp3) is 0.429. The van der Waals surface area contributed by atoms with Crippen molar-refractivity contribution in [3.63, 3.8) is 0 Å². The Labute approximate surface area is 112 Å². The second kappa shape index (κ2) is 5.40. The topological polar surface area (TPSA) is 60.9 Å². The molecule has 0 aliphatic carbocycles. The summed E-state index contributed by atoms with van der Waals surface area (Å²) in [6, 6.07) is 5.26. The first-order valence-electron chi connectivity index (χ1n) is 6.25. The Bertz CT molecular complexity index is 511. The molecule has 1 heterocycles. The Morgan fingerprint density at radius 2 is 2.11 bits per heavy atom. The highest BCUT2D eigenvalue weighted by Gasteiger charge is 2.24. The molecule has 1 amide bonds. The van der Waals surface area contributed by atoms with E-state index in [-0.39, 0.29) is 5.91 Å². The van der Waals surface area contributed by atoms with Crippen molar-refractivity contribution in [2.24, 2.45) is 0 Å². The van der Waals surface area contributed by atoms with Gasteiger partial charge in [0, 0.05) is 13.1 Å². The molecule has 1 N–H and O–H groups in total. The summed E-state index contributed by atoms with van der Waals surface area (Å²) in [5, 5.41) is 9.15. The lowest BCUT2D eigenvalue weighted by Crippen LogP contribution is -2.41. The molecule has 19 heavy (non-hydrogen) atoms. The van der Waals surface area contributed by atoms with Gasteiger partial charge in [-0.05, 0) is 37.7 Å². The molecule has 5 heteroatoms. The van der Waals surface area contributed by atoms with E-state index in [2.05, 4.69) is 0 Å². The van der Waals surface area contributed by atoms with Crippen molar-refractivity contribution in [1.82, 2.24) is 9.80 Å². The van der Waals surface area contributed by atoms with E-state index in [0.29, 0.717) is 31.6 Å². The number of rotatable bonds is 3. The zero-order valence-corrected chi connectivity index (χ0v) is 11.2. The summed E-state index contributed by atoms with van der Waals surface area (Å²) in [6.45, 7) is 1.47. The number of hydrogen-bond donors (Lipinski definition) is 1. The summed E-state index contributed by atoms with van der Waals surface area (Å²) in [5.41, 5.74) is 2.17. The molecule has 1 aromatic rings. The lowest BCUT2D eigenvalue weighted by Gasteiger charge is -2.30. The van der Waals surface area contributed by atoms with Gasteiger partial charge in [0.25, 0.3) is 0 Å². The van der Waals surface area contributed by atoms with Crippen LogP contribution >= 0.6 is 0 Å². The van der Waals surface area contributed by atoms with Crippen LogP contribution in [0.5, 0.6) is 0 Å². The van der Waals surface area contributed by atoms with Crippen molar-refractivity contribution in [1.29, 1.82) is 0 Å². The maximum absolute atomic E-state index is 12.0. The first-order chi connectivity index (χ1) is 8.99. The van der Waals surface area contributed by atoms with Gasteiger partial charge in [0.05, 0.1) is 12.1 Å². The summed E-state index contributed by atoms with van der Waals surface area (Å²) in [5.74, 6) is -0.818. The molecule has 0 radical (unpaired) electrons. The van der Waals surface area contributed by atoms with Gasteiger partial charge in [-0.3, -0.25) is 4.79 Å². The van der Waals surface area contributed by atoms with E-state index in [4.69, 9.17) is 5.11 Å². The SMILES string of the molecule is CN(C)CC(=O)N1CCc2c(cccc2C(=O)O)C1. The zero-order chi connectivity index (χ0) is 14.0. The van der Waals surface area contributed by atoms with Crippen LogP contribution in [0.2, 0.25) is 0 Å². The lowest BCUT2D eigenvalue weighted by molar-refractivity contribution is -0.132. The fourth-order valence-corrected chi connectivity index (χ4v) is 2.39. The van der Waals surface area contributed by atoms with Gasteiger partial charge in [0.1, 0.15) is 0 Å². The Morgan fingerprint density at radius 1 is 1.37 bits per heavy atom. The standard InChI is InChI=1S/C14H18N2O3/c1-15(2)9-13(17)16-7-6-11-10(8-16)4-3-5-12(11)14(18)19/h3-5H,6-9H2,1-2H3,(H,18,19). The molecule has 1 aliphatic rings. The maximum atomic E-state index is 12.0. The zero-order valence-electron chi connectivity index (χ0n) is 11.2. The highest BCUT2D eigenvalue weighted by Crippen LogP contribution is 2.22. The van der Waals surface area contributed by atoms with Gasteiger partial charge in [0.15, 0.2) is 0 Å². The highest BCUT2D eigenvalue weighted by atomic mass is 16.4. The summed E-state index contributed by atoms with van der Waals surface area (Å²) in [4.78, 5) is 26.8. The molecule has 0 aromatic heterocycles. The molecule has 0 spiro atoms. The Balaban J connectivity index is 2.19. The quantitative estimate of drug-likeness (QED) is 0.876. The Kier molecular flexibility index (Phi) is 3.85. The minimum absolute atomic E-state index is 0.0800. The fourth-order valence-electron chi connectivity index (χ4n) is 2.39. The molecular formula is C14H18N2O3. The van der Waals surface area contributed by atoms with E-state index in [0.717, 1.165) is 11.1 Å². The first kappa shape index (κ1) is 13.5. The predicted molar refractivity (Wildman–Crippen MR) is 71.1 cm³/mol.